The number of halogens is 2. The molecule has 0 fully saturated rings. The number of aromatic amines is 1. The van der Waals surface area contributed by atoms with E-state index < -0.39 is 5.91 Å². The van der Waals surface area contributed by atoms with Crippen molar-refractivity contribution in [2.75, 3.05) is 5.32 Å². The highest BCUT2D eigenvalue weighted by molar-refractivity contribution is 6.37. The van der Waals surface area contributed by atoms with Gasteiger partial charge in [0.15, 0.2) is 5.75 Å². The van der Waals surface area contributed by atoms with Gasteiger partial charge in [0.2, 0.25) is 5.56 Å². The van der Waals surface area contributed by atoms with Gasteiger partial charge < -0.3 is 15.4 Å². The van der Waals surface area contributed by atoms with Crippen molar-refractivity contribution >= 4 is 34.8 Å². The molecule has 1 aromatic carbocycles. The Bertz CT molecular complexity index is 674. The maximum absolute atomic E-state index is 11.9. The van der Waals surface area contributed by atoms with Gasteiger partial charge in [-0.2, -0.15) is 0 Å². The quantitative estimate of drug-likeness (QED) is 0.745. The predicted octanol–water partition coefficient (Wildman–Crippen LogP) is 2.64. The maximum Gasteiger partial charge on any atom is 0.255 e. The van der Waals surface area contributed by atoms with Gasteiger partial charge in [0, 0.05) is 23.5 Å². The Kier molecular flexibility index (Phi) is 3.78. The lowest BCUT2D eigenvalue weighted by atomic mass is 10.2. The van der Waals surface area contributed by atoms with Gasteiger partial charge >= 0.3 is 0 Å². The molecule has 0 saturated heterocycles. The maximum atomic E-state index is 11.9. The van der Waals surface area contributed by atoms with E-state index >= 15 is 0 Å². The molecule has 7 heteroatoms. The monoisotopic (exact) mass is 298 g/mol. The molecule has 0 aliphatic carbocycles. The van der Waals surface area contributed by atoms with Gasteiger partial charge in [0.1, 0.15) is 0 Å². The third-order valence-electron chi connectivity index (χ3n) is 2.31. The lowest BCUT2D eigenvalue weighted by Crippen LogP contribution is -2.15. The summed E-state index contributed by atoms with van der Waals surface area (Å²) in [4.78, 5) is 25.4. The van der Waals surface area contributed by atoms with Crippen LogP contribution in [0.5, 0.6) is 5.75 Å². The summed E-state index contributed by atoms with van der Waals surface area (Å²) in [6.45, 7) is 0. The molecule has 3 N–H and O–H groups in total. The van der Waals surface area contributed by atoms with E-state index in [1.54, 1.807) is 0 Å². The number of phenolic OH excluding ortho intramolecular Hbond substituents is 1. The van der Waals surface area contributed by atoms with Crippen LogP contribution >= 0.6 is 23.2 Å². The number of hydrogen-bond donors (Lipinski definition) is 3. The van der Waals surface area contributed by atoms with E-state index in [1.807, 2.05) is 0 Å². The van der Waals surface area contributed by atoms with Gasteiger partial charge in [-0.25, -0.2) is 0 Å². The highest BCUT2D eigenvalue weighted by Gasteiger charge is 2.10. The van der Waals surface area contributed by atoms with Crippen LogP contribution in [0.25, 0.3) is 0 Å². The summed E-state index contributed by atoms with van der Waals surface area (Å²) in [6.07, 6.45) is 1.37. The molecule has 0 atom stereocenters. The second-order valence-corrected chi connectivity index (χ2v) is 4.50. The SMILES string of the molecule is O=C(Nc1cc(Cl)c(O)c(Cl)c1)c1cc[nH]c(=O)c1. The van der Waals surface area contributed by atoms with Gasteiger partial charge in [-0.05, 0) is 18.2 Å². The van der Waals surface area contributed by atoms with Crippen molar-refractivity contribution < 1.29 is 9.90 Å². The molecular weight excluding hydrogens is 291 g/mol. The fraction of sp³-hybridized carbons (Fsp3) is 0. The van der Waals surface area contributed by atoms with Crippen molar-refractivity contribution in [3.8, 4) is 5.75 Å². The number of nitrogens with one attached hydrogen (secondary N) is 2. The Morgan fingerprint density at radius 2 is 1.84 bits per heavy atom. The van der Waals surface area contributed by atoms with Crippen LogP contribution < -0.4 is 10.9 Å². The molecule has 1 aromatic heterocycles. The topological polar surface area (TPSA) is 82.2 Å². The molecular formula is C12H8Cl2N2O3. The first-order chi connectivity index (χ1) is 8.97. The molecule has 19 heavy (non-hydrogen) atoms. The van der Waals surface area contributed by atoms with Crippen LogP contribution in [0.1, 0.15) is 10.4 Å². The summed E-state index contributed by atoms with van der Waals surface area (Å²) in [5.74, 6) is -0.735. The van der Waals surface area contributed by atoms with E-state index in [-0.39, 0.29) is 26.9 Å². The Morgan fingerprint density at radius 1 is 1.21 bits per heavy atom. The number of phenols is 1. The standard InChI is InChI=1S/C12H8Cl2N2O3/c13-8-4-7(5-9(14)11(8)18)16-12(19)6-1-2-15-10(17)3-6/h1-5,18H,(H,15,17)(H,16,19). The van der Waals surface area contributed by atoms with Crippen molar-refractivity contribution in [2.45, 2.75) is 0 Å². The third-order valence-corrected chi connectivity index (χ3v) is 2.89. The van der Waals surface area contributed by atoms with Crippen LogP contribution in [0.4, 0.5) is 5.69 Å². The second-order valence-electron chi connectivity index (χ2n) is 3.68. The van der Waals surface area contributed by atoms with Crippen LogP contribution in [-0.2, 0) is 0 Å². The highest BCUT2D eigenvalue weighted by atomic mass is 35.5. The Balaban J connectivity index is 2.27. The molecule has 1 heterocycles. The number of pyridine rings is 1. The smallest absolute Gasteiger partial charge is 0.255 e. The Hall–Kier alpha value is -1.98. The number of carbonyl (C=O) groups is 1. The molecule has 0 unspecified atom stereocenters. The van der Waals surface area contributed by atoms with Crippen LogP contribution in [0, 0.1) is 0 Å². The van der Waals surface area contributed by atoms with Crippen molar-refractivity contribution in [2.24, 2.45) is 0 Å². The van der Waals surface area contributed by atoms with Gasteiger partial charge in [-0.15, -0.1) is 0 Å². The summed E-state index contributed by atoms with van der Waals surface area (Å²) in [5, 5.41) is 12.0. The zero-order valence-corrected chi connectivity index (χ0v) is 10.9. The lowest BCUT2D eigenvalue weighted by molar-refractivity contribution is 0.102. The largest absolute Gasteiger partial charge is 0.505 e. The summed E-state index contributed by atoms with van der Waals surface area (Å²) >= 11 is 11.5. The van der Waals surface area contributed by atoms with E-state index in [4.69, 9.17) is 23.2 Å². The van der Waals surface area contributed by atoms with E-state index in [9.17, 15) is 14.7 Å². The van der Waals surface area contributed by atoms with Crippen LogP contribution in [0.3, 0.4) is 0 Å². The molecule has 0 aliphatic rings. The molecule has 0 aliphatic heterocycles. The summed E-state index contributed by atoms with van der Waals surface area (Å²) in [5.41, 5.74) is 0.136. The Morgan fingerprint density at radius 3 is 2.42 bits per heavy atom. The molecule has 2 aromatic rings. The van der Waals surface area contributed by atoms with Gasteiger partial charge in [-0.3, -0.25) is 9.59 Å². The minimum absolute atomic E-state index is 0.0220. The average molecular weight is 299 g/mol. The first-order valence-electron chi connectivity index (χ1n) is 5.15. The number of carbonyl (C=O) groups excluding carboxylic acids is 1. The molecule has 0 bridgehead atoms. The van der Waals surface area contributed by atoms with Crippen LogP contribution in [0.15, 0.2) is 35.3 Å². The summed E-state index contributed by atoms with van der Waals surface area (Å²) < 4.78 is 0. The van der Waals surface area contributed by atoms with Gasteiger partial charge in [0.05, 0.1) is 10.0 Å². The van der Waals surface area contributed by atoms with Gasteiger partial charge in [0.25, 0.3) is 5.91 Å². The number of amides is 1. The number of rotatable bonds is 2. The fourth-order valence-electron chi connectivity index (χ4n) is 1.43. The number of aromatic nitrogens is 1. The van der Waals surface area contributed by atoms with Crippen LogP contribution in [-0.4, -0.2) is 16.0 Å². The molecule has 0 saturated carbocycles. The fourth-order valence-corrected chi connectivity index (χ4v) is 1.91. The molecule has 0 spiro atoms. The average Bonchev–Trinajstić information content (AvgIpc) is 2.36. The summed E-state index contributed by atoms with van der Waals surface area (Å²) in [7, 11) is 0. The molecule has 2 rings (SSSR count). The van der Waals surface area contributed by atoms with Crippen molar-refractivity contribution in [3.63, 3.8) is 0 Å². The van der Waals surface area contributed by atoms with Crippen molar-refractivity contribution in [1.82, 2.24) is 4.98 Å². The molecule has 98 valence electrons. The van der Waals surface area contributed by atoms with Crippen molar-refractivity contribution in [1.29, 1.82) is 0 Å². The predicted molar refractivity (Wildman–Crippen MR) is 73.1 cm³/mol. The molecule has 5 nitrogen and oxygen atoms in total. The minimum Gasteiger partial charge on any atom is -0.505 e. The number of H-pyrrole nitrogens is 1. The first kappa shape index (κ1) is 13.5. The second kappa shape index (κ2) is 5.34. The van der Waals surface area contributed by atoms with E-state index in [2.05, 4.69) is 10.3 Å². The lowest BCUT2D eigenvalue weighted by Gasteiger charge is -2.07. The van der Waals surface area contributed by atoms with Crippen molar-refractivity contribution in [3.05, 3.63) is 56.4 Å². The normalized spacial score (nSPS) is 10.2. The van der Waals surface area contributed by atoms with E-state index in [0.29, 0.717) is 5.69 Å². The third kappa shape index (κ3) is 3.07. The number of hydrogen-bond acceptors (Lipinski definition) is 3. The Labute approximate surface area is 117 Å². The zero-order valence-electron chi connectivity index (χ0n) is 9.41. The highest BCUT2D eigenvalue weighted by Crippen LogP contribution is 2.34. The number of aromatic hydroxyl groups is 1. The zero-order chi connectivity index (χ0) is 14.0. The molecule has 0 radical (unpaired) electrons. The summed E-state index contributed by atoms with van der Waals surface area (Å²) in [6, 6.07) is 5.33. The van der Waals surface area contributed by atoms with Crippen LogP contribution in [0.2, 0.25) is 10.0 Å². The molecule has 1 amide bonds. The minimum atomic E-state index is -0.482. The number of benzene rings is 1. The van der Waals surface area contributed by atoms with E-state index in [1.165, 1.54) is 30.5 Å². The first-order valence-corrected chi connectivity index (χ1v) is 5.91. The number of anilines is 1. The van der Waals surface area contributed by atoms with E-state index in [0.717, 1.165) is 0 Å². The van der Waals surface area contributed by atoms with Gasteiger partial charge in [-0.1, -0.05) is 23.2 Å².